The van der Waals surface area contributed by atoms with Gasteiger partial charge in [0.15, 0.2) is 17.3 Å². The van der Waals surface area contributed by atoms with Crippen molar-refractivity contribution in [2.24, 2.45) is 10.9 Å². The van der Waals surface area contributed by atoms with Crippen LogP contribution >= 0.6 is 15.9 Å². The molecule has 0 heterocycles. The summed E-state index contributed by atoms with van der Waals surface area (Å²) in [6.45, 7) is -2.69. The minimum absolute atomic E-state index is 0.0835. The van der Waals surface area contributed by atoms with Gasteiger partial charge in [-0.05, 0) is 35.9 Å². The van der Waals surface area contributed by atoms with E-state index >= 15 is 0 Å². The molecule has 0 unspecified atom stereocenters. The van der Waals surface area contributed by atoms with Crippen molar-refractivity contribution in [2.75, 3.05) is 7.11 Å². The maximum atomic E-state index is 12.3. The summed E-state index contributed by atoms with van der Waals surface area (Å²) < 4.78 is 34.9. The lowest BCUT2D eigenvalue weighted by Gasteiger charge is -2.11. The van der Waals surface area contributed by atoms with Gasteiger partial charge < -0.3 is 20.0 Å². The van der Waals surface area contributed by atoms with Crippen LogP contribution in [0.2, 0.25) is 0 Å². The highest BCUT2D eigenvalue weighted by Gasteiger charge is 2.12. The molecule has 0 aliphatic carbocycles. The number of hydrogen-bond acceptors (Lipinski definition) is 4. The molecule has 0 aliphatic rings. The Labute approximate surface area is 146 Å². The molecule has 0 amide bonds. The van der Waals surface area contributed by atoms with Crippen molar-refractivity contribution in [3.63, 3.8) is 0 Å². The molecule has 0 aliphatic heterocycles. The number of hydrogen-bond donors (Lipinski definition) is 1. The van der Waals surface area contributed by atoms with Crippen molar-refractivity contribution in [3.8, 4) is 11.5 Å². The fraction of sp³-hybridized carbons (Fsp3) is 0.188. The van der Waals surface area contributed by atoms with Crippen molar-refractivity contribution < 1.29 is 23.1 Å². The predicted molar refractivity (Wildman–Crippen MR) is 89.3 cm³/mol. The van der Waals surface area contributed by atoms with Gasteiger partial charge in [-0.25, -0.2) is 0 Å². The average Bonchev–Trinajstić information content (AvgIpc) is 2.56. The molecule has 0 atom stereocenters. The highest BCUT2D eigenvalue weighted by atomic mass is 79.9. The van der Waals surface area contributed by atoms with E-state index in [1.807, 2.05) is 24.3 Å². The van der Waals surface area contributed by atoms with E-state index in [2.05, 4.69) is 25.8 Å². The van der Waals surface area contributed by atoms with Crippen molar-refractivity contribution in [1.82, 2.24) is 0 Å². The number of methoxy groups -OCH3 is 1. The SMILES string of the molecule is COc1cc(/C(N)=N/OCc2ccc(Br)cc2)ccc1OC(F)F. The second-order valence-electron chi connectivity index (χ2n) is 4.62. The molecule has 0 fully saturated rings. The molecule has 0 saturated heterocycles. The Hall–Kier alpha value is -2.35. The second kappa shape index (κ2) is 8.49. The highest BCUT2D eigenvalue weighted by Crippen LogP contribution is 2.29. The zero-order valence-corrected chi connectivity index (χ0v) is 14.3. The van der Waals surface area contributed by atoms with E-state index in [1.54, 1.807) is 0 Å². The van der Waals surface area contributed by atoms with Gasteiger partial charge >= 0.3 is 6.61 Å². The molecule has 0 aromatic heterocycles. The Kier molecular flexibility index (Phi) is 6.36. The van der Waals surface area contributed by atoms with E-state index in [4.69, 9.17) is 15.3 Å². The number of rotatable bonds is 7. The van der Waals surface area contributed by atoms with Gasteiger partial charge in [-0.1, -0.05) is 33.2 Å². The van der Waals surface area contributed by atoms with Crippen LogP contribution in [-0.4, -0.2) is 19.6 Å². The minimum Gasteiger partial charge on any atom is -0.493 e. The third-order valence-electron chi connectivity index (χ3n) is 2.98. The number of alkyl halides is 2. The van der Waals surface area contributed by atoms with Crippen LogP contribution in [0.1, 0.15) is 11.1 Å². The first-order valence-corrected chi connectivity index (χ1v) is 7.62. The summed E-state index contributed by atoms with van der Waals surface area (Å²) in [7, 11) is 1.34. The molecule has 2 aromatic carbocycles. The van der Waals surface area contributed by atoms with Gasteiger partial charge in [-0.3, -0.25) is 0 Å². The van der Waals surface area contributed by atoms with E-state index in [1.165, 1.54) is 25.3 Å². The van der Waals surface area contributed by atoms with Crippen molar-refractivity contribution in [1.29, 1.82) is 0 Å². The average molecular weight is 401 g/mol. The fourth-order valence-electron chi connectivity index (χ4n) is 1.83. The predicted octanol–water partition coefficient (Wildman–Crippen LogP) is 3.90. The quantitative estimate of drug-likeness (QED) is 0.434. The Morgan fingerprint density at radius 2 is 1.88 bits per heavy atom. The molecular formula is C16H15BrF2N2O3. The van der Waals surface area contributed by atoms with E-state index in [9.17, 15) is 8.78 Å². The normalized spacial score (nSPS) is 11.5. The van der Waals surface area contributed by atoms with Gasteiger partial charge in [0.25, 0.3) is 0 Å². The van der Waals surface area contributed by atoms with Gasteiger partial charge in [0, 0.05) is 10.0 Å². The summed E-state index contributed by atoms with van der Waals surface area (Å²) in [6, 6.07) is 11.8. The van der Waals surface area contributed by atoms with E-state index in [0.717, 1.165) is 10.0 Å². The lowest BCUT2D eigenvalue weighted by atomic mass is 10.2. The summed E-state index contributed by atoms with van der Waals surface area (Å²) in [4.78, 5) is 5.20. The van der Waals surface area contributed by atoms with Crippen LogP contribution in [0.15, 0.2) is 52.1 Å². The number of benzene rings is 2. The Bertz CT molecular complexity index is 709. The summed E-state index contributed by atoms with van der Waals surface area (Å²) in [5.74, 6) is 0.132. The number of nitrogens with two attached hydrogens (primary N) is 1. The monoisotopic (exact) mass is 400 g/mol. The molecular weight excluding hydrogens is 386 g/mol. The van der Waals surface area contributed by atoms with Gasteiger partial charge in [-0.15, -0.1) is 0 Å². The van der Waals surface area contributed by atoms with Gasteiger partial charge in [0.2, 0.25) is 0 Å². The summed E-state index contributed by atoms with van der Waals surface area (Å²) >= 11 is 3.34. The van der Waals surface area contributed by atoms with Crippen LogP contribution in [0.4, 0.5) is 8.78 Å². The van der Waals surface area contributed by atoms with Gasteiger partial charge in [0.1, 0.15) is 6.61 Å². The summed E-state index contributed by atoms with van der Waals surface area (Å²) in [6.07, 6.45) is 0. The first-order valence-electron chi connectivity index (χ1n) is 6.82. The van der Waals surface area contributed by atoms with Gasteiger partial charge in [-0.2, -0.15) is 8.78 Å². The molecule has 2 N–H and O–H groups in total. The number of halogens is 3. The first-order chi connectivity index (χ1) is 11.5. The van der Waals surface area contributed by atoms with Crippen LogP contribution in [0.3, 0.4) is 0 Å². The number of oxime groups is 1. The molecule has 0 spiro atoms. The van der Waals surface area contributed by atoms with Crippen molar-refractivity contribution in [3.05, 3.63) is 58.1 Å². The Morgan fingerprint density at radius 1 is 1.17 bits per heavy atom. The number of nitrogens with zero attached hydrogens (tertiary/aromatic N) is 1. The largest absolute Gasteiger partial charge is 0.493 e. The standard InChI is InChI=1S/C16H15BrF2N2O3/c1-22-14-8-11(4-7-13(14)24-16(18)19)15(20)21-23-9-10-2-5-12(17)6-3-10/h2-8,16H,9H2,1H3,(H2,20,21). The lowest BCUT2D eigenvalue weighted by Crippen LogP contribution is -2.14. The third-order valence-corrected chi connectivity index (χ3v) is 3.51. The molecule has 128 valence electrons. The third kappa shape index (κ3) is 5.09. The van der Waals surface area contributed by atoms with Crippen LogP contribution in [0.25, 0.3) is 0 Å². The molecule has 0 radical (unpaired) electrons. The molecule has 2 aromatic rings. The maximum absolute atomic E-state index is 12.3. The van der Waals surface area contributed by atoms with Crippen molar-refractivity contribution in [2.45, 2.75) is 13.2 Å². The maximum Gasteiger partial charge on any atom is 0.387 e. The zero-order chi connectivity index (χ0) is 17.5. The van der Waals surface area contributed by atoms with E-state index < -0.39 is 6.61 Å². The number of ether oxygens (including phenoxy) is 2. The Morgan fingerprint density at radius 3 is 2.50 bits per heavy atom. The van der Waals surface area contributed by atoms with Gasteiger partial charge in [0.05, 0.1) is 7.11 Å². The lowest BCUT2D eigenvalue weighted by molar-refractivity contribution is -0.0512. The summed E-state index contributed by atoms with van der Waals surface area (Å²) in [5, 5.41) is 3.82. The molecule has 5 nitrogen and oxygen atoms in total. The second-order valence-corrected chi connectivity index (χ2v) is 5.54. The van der Waals surface area contributed by atoms with Crippen molar-refractivity contribution >= 4 is 21.8 Å². The molecule has 2 rings (SSSR count). The zero-order valence-electron chi connectivity index (χ0n) is 12.7. The molecule has 8 heteroatoms. The van der Waals surface area contributed by atoms with E-state index in [-0.39, 0.29) is 23.9 Å². The Balaban J connectivity index is 2.05. The first kappa shape index (κ1) is 18.0. The molecule has 0 bridgehead atoms. The highest BCUT2D eigenvalue weighted by molar-refractivity contribution is 9.10. The van der Waals surface area contributed by atoms with Crippen LogP contribution in [-0.2, 0) is 11.4 Å². The van der Waals surface area contributed by atoms with Crippen LogP contribution < -0.4 is 15.2 Å². The number of amidine groups is 1. The van der Waals surface area contributed by atoms with E-state index in [0.29, 0.717) is 5.56 Å². The minimum atomic E-state index is -2.94. The fourth-order valence-corrected chi connectivity index (χ4v) is 2.09. The summed E-state index contributed by atoms with van der Waals surface area (Å²) in [5.41, 5.74) is 7.22. The smallest absolute Gasteiger partial charge is 0.387 e. The topological polar surface area (TPSA) is 66.1 Å². The molecule has 0 saturated carbocycles. The molecule has 24 heavy (non-hydrogen) atoms. The van der Waals surface area contributed by atoms with Crippen LogP contribution in [0.5, 0.6) is 11.5 Å². The van der Waals surface area contributed by atoms with Crippen LogP contribution in [0, 0.1) is 0 Å².